The zero-order valence-corrected chi connectivity index (χ0v) is 12.1. The van der Waals surface area contributed by atoms with E-state index in [0.29, 0.717) is 12.2 Å². The number of allylic oxidation sites excluding steroid dienone is 1. The molecule has 0 N–H and O–H groups in total. The summed E-state index contributed by atoms with van der Waals surface area (Å²) in [6.45, 7) is 5.88. The molecule has 0 rings (SSSR count). The van der Waals surface area contributed by atoms with Gasteiger partial charge in [0.1, 0.15) is 6.61 Å². The van der Waals surface area contributed by atoms with Crippen molar-refractivity contribution in [2.75, 3.05) is 13.2 Å². The highest BCUT2D eigenvalue weighted by Gasteiger charge is 2.08. The van der Waals surface area contributed by atoms with Gasteiger partial charge in [-0.25, -0.2) is 4.79 Å². The van der Waals surface area contributed by atoms with E-state index in [1.54, 1.807) is 13.8 Å². The van der Waals surface area contributed by atoms with Crippen LogP contribution in [0.15, 0.2) is 11.6 Å². The predicted molar refractivity (Wildman–Crippen MR) is 71.2 cm³/mol. The van der Waals surface area contributed by atoms with Crippen LogP contribution >= 0.6 is 0 Å². The first-order valence-electron chi connectivity index (χ1n) is 6.78. The summed E-state index contributed by atoms with van der Waals surface area (Å²) in [5.74, 6) is -0.884. The van der Waals surface area contributed by atoms with Crippen LogP contribution in [0.25, 0.3) is 0 Å². The van der Waals surface area contributed by atoms with Gasteiger partial charge in [0.05, 0.1) is 13.0 Å². The van der Waals surface area contributed by atoms with Gasteiger partial charge in [0, 0.05) is 5.57 Å². The van der Waals surface area contributed by atoms with Crippen LogP contribution < -0.4 is 0 Å². The SMILES string of the molecule is CCCCCC=C(C)C(=O)OOCCC(=O)OCC. The van der Waals surface area contributed by atoms with E-state index in [4.69, 9.17) is 4.74 Å². The van der Waals surface area contributed by atoms with Crippen molar-refractivity contribution in [2.24, 2.45) is 0 Å². The molecule has 0 aliphatic heterocycles. The lowest BCUT2D eigenvalue weighted by Crippen LogP contribution is -2.11. The highest BCUT2D eigenvalue weighted by Crippen LogP contribution is 2.05. The smallest absolute Gasteiger partial charge is 0.368 e. The number of hydrogen-bond acceptors (Lipinski definition) is 5. The number of carbonyl (C=O) groups is 2. The van der Waals surface area contributed by atoms with E-state index in [-0.39, 0.29) is 19.0 Å². The second-order valence-corrected chi connectivity index (χ2v) is 4.13. The summed E-state index contributed by atoms with van der Waals surface area (Å²) in [5.41, 5.74) is 0.521. The van der Waals surface area contributed by atoms with Crippen LogP contribution in [0.5, 0.6) is 0 Å². The molecule has 0 aromatic rings. The Morgan fingerprint density at radius 3 is 2.53 bits per heavy atom. The molecule has 0 aliphatic rings. The number of esters is 1. The highest BCUT2D eigenvalue weighted by atomic mass is 17.2. The molecular weight excluding hydrogens is 248 g/mol. The predicted octanol–water partition coefficient (Wildman–Crippen LogP) is 2.94. The molecule has 0 aromatic carbocycles. The normalized spacial score (nSPS) is 11.2. The first-order chi connectivity index (χ1) is 9.11. The van der Waals surface area contributed by atoms with Gasteiger partial charge in [0.25, 0.3) is 0 Å². The summed E-state index contributed by atoms with van der Waals surface area (Å²) >= 11 is 0. The van der Waals surface area contributed by atoms with Crippen LogP contribution in [-0.4, -0.2) is 25.2 Å². The van der Waals surface area contributed by atoms with Crippen LogP contribution in [0.4, 0.5) is 0 Å². The first kappa shape index (κ1) is 17.6. The third kappa shape index (κ3) is 10.3. The lowest BCUT2D eigenvalue weighted by molar-refractivity contribution is -0.268. The number of rotatable bonds is 10. The Hall–Kier alpha value is -1.36. The van der Waals surface area contributed by atoms with E-state index in [1.165, 1.54) is 0 Å². The van der Waals surface area contributed by atoms with Crippen LogP contribution in [0.2, 0.25) is 0 Å². The maximum atomic E-state index is 11.4. The molecule has 0 spiro atoms. The van der Waals surface area contributed by atoms with Gasteiger partial charge >= 0.3 is 11.9 Å². The fourth-order valence-electron chi connectivity index (χ4n) is 1.32. The first-order valence-corrected chi connectivity index (χ1v) is 6.78. The molecule has 0 atom stereocenters. The number of carbonyl (C=O) groups excluding carboxylic acids is 2. The van der Waals surface area contributed by atoms with E-state index in [1.807, 2.05) is 6.08 Å². The Bertz CT molecular complexity index is 296. The molecular formula is C14H24O5. The lowest BCUT2D eigenvalue weighted by atomic mass is 10.1. The standard InChI is InChI=1S/C14H24O5/c1-4-6-7-8-9-12(3)14(16)19-18-11-10-13(15)17-5-2/h9H,4-8,10-11H2,1-3H3. The van der Waals surface area contributed by atoms with Gasteiger partial charge in [-0.05, 0) is 26.7 Å². The number of hydrogen-bond donors (Lipinski definition) is 0. The Morgan fingerprint density at radius 1 is 1.16 bits per heavy atom. The van der Waals surface area contributed by atoms with Gasteiger partial charge in [-0.1, -0.05) is 25.8 Å². The minimum atomic E-state index is -0.514. The largest absolute Gasteiger partial charge is 0.466 e. The van der Waals surface area contributed by atoms with Crippen molar-refractivity contribution in [1.82, 2.24) is 0 Å². The molecule has 0 heterocycles. The molecule has 110 valence electrons. The van der Waals surface area contributed by atoms with Gasteiger partial charge in [0.2, 0.25) is 0 Å². The Balaban J connectivity index is 3.70. The molecule has 0 bridgehead atoms. The van der Waals surface area contributed by atoms with Crippen molar-refractivity contribution >= 4 is 11.9 Å². The van der Waals surface area contributed by atoms with Gasteiger partial charge < -0.3 is 4.74 Å². The van der Waals surface area contributed by atoms with E-state index < -0.39 is 5.97 Å². The summed E-state index contributed by atoms with van der Waals surface area (Å²) in [5, 5.41) is 0. The molecule has 19 heavy (non-hydrogen) atoms. The summed E-state index contributed by atoms with van der Waals surface area (Å²) in [6, 6.07) is 0. The fourth-order valence-corrected chi connectivity index (χ4v) is 1.32. The van der Waals surface area contributed by atoms with Crippen LogP contribution in [0.1, 0.15) is 52.9 Å². The van der Waals surface area contributed by atoms with Crippen molar-refractivity contribution in [3.8, 4) is 0 Å². The zero-order chi connectivity index (χ0) is 14.5. The van der Waals surface area contributed by atoms with E-state index >= 15 is 0 Å². The van der Waals surface area contributed by atoms with Crippen molar-refractivity contribution < 1.29 is 24.1 Å². The topological polar surface area (TPSA) is 61.8 Å². The molecule has 0 fully saturated rings. The molecule has 0 unspecified atom stereocenters. The van der Waals surface area contributed by atoms with Crippen molar-refractivity contribution in [3.63, 3.8) is 0 Å². The quantitative estimate of drug-likeness (QED) is 0.201. The second-order valence-electron chi connectivity index (χ2n) is 4.13. The summed E-state index contributed by atoms with van der Waals surface area (Å²) in [4.78, 5) is 31.7. The number of ether oxygens (including phenoxy) is 1. The maximum Gasteiger partial charge on any atom is 0.368 e. The van der Waals surface area contributed by atoms with Crippen molar-refractivity contribution in [2.45, 2.75) is 52.9 Å². The summed E-state index contributed by atoms with van der Waals surface area (Å²) < 4.78 is 4.70. The monoisotopic (exact) mass is 272 g/mol. The minimum Gasteiger partial charge on any atom is -0.466 e. The molecule has 0 radical (unpaired) electrons. The van der Waals surface area contributed by atoms with Gasteiger partial charge in [0.15, 0.2) is 0 Å². The summed E-state index contributed by atoms with van der Waals surface area (Å²) in [6.07, 6.45) is 6.12. The van der Waals surface area contributed by atoms with Gasteiger partial charge in [-0.3, -0.25) is 9.68 Å². The van der Waals surface area contributed by atoms with E-state index in [9.17, 15) is 9.59 Å². The molecule has 5 nitrogen and oxygen atoms in total. The number of unbranched alkanes of at least 4 members (excludes halogenated alkanes) is 3. The van der Waals surface area contributed by atoms with Crippen LogP contribution in [0.3, 0.4) is 0 Å². The van der Waals surface area contributed by atoms with Crippen molar-refractivity contribution in [3.05, 3.63) is 11.6 Å². The average Bonchev–Trinajstić information content (AvgIpc) is 2.39. The highest BCUT2D eigenvalue weighted by molar-refractivity contribution is 5.87. The van der Waals surface area contributed by atoms with E-state index in [2.05, 4.69) is 16.7 Å². The third-order valence-electron chi connectivity index (χ3n) is 2.41. The molecule has 0 amide bonds. The molecule has 0 aliphatic carbocycles. The molecule has 0 saturated carbocycles. The van der Waals surface area contributed by atoms with E-state index in [0.717, 1.165) is 25.7 Å². The third-order valence-corrected chi connectivity index (χ3v) is 2.41. The van der Waals surface area contributed by atoms with Crippen LogP contribution in [-0.2, 0) is 24.1 Å². The Labute approximate surface area is 114 Å². The zero-order valence-electron chi connectivity index (χ0n) is 12.1. The molecule has 0 saturated heterocycles. The van der Waals surface area contributed by atoms with Gasteiger partial charge in [-0.2, -0.15) is 4.89 Å². The Kier molecular flexibility index (Phi) is 10.9. The lowest BCUT2D eigenvalue weighted by Gasteiger charge is -2.04. The Morgan fingerprint density at radius 2 is 1.89 bits per heavy atom. The summed E-state index contributed by atoms with van der Waals surface area (Å²) in [7, 11) is 0. The maximum absolute atomic E-state index is 11.4. The van der Waals surface area contributed by atoms with Gasteiger partial charge in [-0.15, -0.1) is 0 Å². The minimum absolute atomic E-state index is 0.00763. The van der Waals surface area contributed by atoms with Crippen molar-refractivity contribution in [1.29, 1.82) is 0 Å². The second kappa shape index (κ2) is 11.7. The molecule has 5 heteroatoms. The molecule has 0 aromatic heterocycles. The van der Waals surface area contributed by atoms with Crippen LogP contribution in [0, 0.1) is 0 Å². The fraction of sp³-hybridized carbons (Fsp3) is 0.714. The average molecular weight is 272 g/mol.